The highest BCUT2D eigenvalue weighted by Gasteiger charge is 2.42. The maximum absolute atomic E-state index is 12.9. The first-order chi connectivity index (χ1) is 24.0. The largest absolute Gasteiger partial charge is 0.480 e. The van der Waals surface area contributed by atoms with Gasteiger partial charge in [-0.15, -0.1) is 0 Å². The first kappa shape index (κ1) is 46.5. The normalized spacial score (nSPS) is 18.8. The summed E-state index contributed by atoms with van der Waals surface area (Å²) in [7, 11) is 1.12. The van der Waals surface area contributed by atoms with Crippen LogP contribution >= 0.6 is 0 Å². The highest BCUT2D eigenvalue weighted by atomic mass is 16.6. The van der Waals surface area contributed by atoms with Crippen LogP contribution in [0.15, 0.2) is 0 Å². The number of nitrogens with one attached hydrogen (secondary N) is 1. The molecule has 3 unspecified atom stereocenters. The number of aliphatic carboxylic acids is 1. The van der Waals surface area contributed by atoms with Crippen molar-refractivity contribution < 1.29 is 67.5 Å². The number of hydrogen-bond acceptors (Lipinski definition) is 13. The third-order valence-electron chi connectivity index (χ3n) is 6.89. The van der Waals surface area contributed by atoms with E-state index in [2.05, 4.69) is 10.1 Å². The van der Waals surface area contributed by atoms with Gasteiger partial charge < -0.3 is 49.0 Å². The lowest BCUT2D eigenvalue weighted by Gasteiger charge is -2.41. The number of carbonyl (C=O) groups excluding carboxylic acids is 6. The van der Waals surface area contributed by atoms with Crippen molar-refractivity contribution >= 4 is 42.2 Å². The second-order valence-corrected chi connectivity index (χ2v) is 16.3. The van der Waals surface area contributed by atoms with E-state index in [0.717, 1.165) is 12.0 Å². The molecule has 3 N–H and O–H groups in total. The Morgan fingerprint density at radius 3 is 1.26 bits per heavy atom. The van der Waals surface area contributed by atoms with E-state index in [-0.39, 0.29) is 39.3 Å². The Hall–Kier alpha value is -4.55. The zero-order valence-corrected chi connectivity index (χ0v) is 33.3. The molecule has 0 radical (unpaired) electrons. The van der Waals surface area contributed by atoms with Crippen molar-refractivity contribution in [3.63, 3.8) is 0 Å². The summed E-state index contributed by atoms with van der Waals surface area (Å²) in [6, 6.07) is -3.62. The van der Waals surface area contributed by atoms with E-state index in [1.165, 1.54) is 14.7 Å². The molecule has 5 amide bonds. The van der Waals surface area contributed by atoms with Crippen LogP contribution in [0.25, 0.3) is 0 Å². The summed E-state index contributed by atoms with van der Waals surface area (Å²) in [6.07, 6.45) is -2.65. The van der Waals surface area contributed by atoms with Crippen LogP contribution in [0.4, 0.5) is 19.2 Å². The van der Waals surface area contributed by atoms with Crippen LogP contribution in [-0.4, -0.2) is 166 Å². The number of carbonyl (C=O) groups is 7. The van der Waals surface area contributed by atoms with E-state index in [4.69, 9.17) is 18.9 Å². The van der Waals surface area contributed by atoms with Crippen LogP contribution in [-0.2, 0) is 38.1 Å². The molecule has 304 valence electrons. The predicted octanol–water partition coefficient (Wildman–Crippen LogP) is 2.42. The quantitative estimate of drug-likeness (QED) is 0.270. The standard InChI is InChI=1S/C19H33N3O8.C15H26N2O6/c1-18(2,3)29-16(26)21-8-9-22(17(27)30-19(4,5)6)13(10-21)14(24)20-12(11-23)15(25)28-7;1-14(2,3)22-12(20)16-7-8-17(10(9-16)11(18)19)13(21)23-15(4,5)6/h12-13,23H,8-11H2,1-7H3,(H,20,24);10H,7-9H2,1-6H3,(H,18,19). The minimum Gasteiger partial charge on any atom is -0.480 e. The highest BCUT2D eigenvalue weighted by Crippen LogP contribution is 2.20. The Labute approximate surface area is 311 Å². The molecule has 0 aliphatic carbocycles. The zero-order valence-electron chi connectivity index (χ0n) is 33.3. The molecule has 2 aliphatic heterocycles. The number of carboxylic acids is 1. The van der Waals surface area contributed by atoms with Crippen LogP contribution in [0.1, 0.15) is 83.1 Å². The molecule has 2 rings (SSSR count). The fourth-order valence-corrected chi connectivity index (χ4v) is 4.65. The van der Waals surface area contributed by atoms with Crippen molar-refractivity contribution in [2.75, 3.05) is 53.0 Å². The van der Waals surface area contributed by atoms with E-state index in [1.807, 2.05) is 0 Å². The number of methoxy groups -OCH3 is 1. The van der Waals surface area contributed by atoms with Gasteiger partial charge in [-0.1, -0.05) is 0 Å². The van der Waals surface area contributed by atoms with E-state index in [1.54, 1.807) is 83.1 Å². The molecule has 53 heavy (non-hydrogen) atoms. The molecule has 2 heterocycles. The first-order valence-corrected chi connectivity index (χ1v) is 17.2. The molecule has 0 bridgehead atoms. The van der Waals surface area contributed by atoms with E-state index >= 15 is 0 Å². The summed E-state index contributed by atoms with van der Waals surface area (Å²) in [4.78, 5) is 90.2. The minimum atomic E-state index is -1.31. The average Bonchev–Trinajstić information content (AvgIpc) is 2.99. The number of carboxylic acid groups (broad SMARTS) is 1. The third kappa shape index (κ3) is 16.3. The van der Waals surface area contributed by atoms with Gasteiger partial charge in [0.15, 0.2) is 12.1 Å². The van der Waals surface area contributed by atoms with E-state index < -0.39 is 89.4 Å². The molecule has 19 nitrogen and oxygen atoms in total. The molecule has 3 atom stereocenters. The summed E-state index contributed by atoms with van der Waals surface area (Å²) < 4.78 is 25.7. The van der Waals surface area contributed by atoms with Gasteiger partial charge in [-0.2, -0.15) is 0 Å². The van der Waals surface area contributed by atoms with Gasteiger partial charge in [0.05, 0.1) is 26.8 Å². The molecule has 2 aliphatic rings. The number of nitrogens with zero attached hydrogens (tertiary/aromatic N) is 4. The fraction of sp³-hybridized carbons (Fsp3) is 0.794. The van der Waals surface area contributed by atoms with Crippen LogP contribution in [0, 0.1) is 0 Å². The first-order valence-electron chi connectivity index (χ1n) is 17.2. The van der Waals surface area contributed by atoms with Crippen LogP contribution < -0.4 is 5.32 Å². The van der Waals surface area contributed by atoms with Gasteiger partial charge in [-0.3, -0.25) is 14.6 Å². The Morgan fingerprint density at radius 2 is 0.943 bits per heavy atom. The van der Waals surface area contributed by atoms with Crippen molar-refractivity contribution in [1.29, 1.82) is 0 Å². The van der Waals surface area contributed by atoms with E-state index in [0.29, 0.717) is 0 Å². The molecular weight excluding hydrogens is 702 g/mol. The van der Waals surface area contributed by atoms with Crippen molar-refractivity contribution in [2.45, 2.75) is 124 Å². The van der Waals surface area contributed by atoms with Gasteiger partial charge in [0, 0.05) is 26.2 Å². The lowest BCUT2D eigenvalue weighted by molar-refractivity contribution is -0.147. The Bertz CT molecular complexity index is 1330. The van der Waals surface area contributed by atoms with Gasteiger partial charge in [-0.05, 0) is 83.1 Å². The fourth-order valence-electron chi connectivity index (χ4n) is 4.65. The second kappa shape index (κ2) is 18.5. The second-order valence-electron chi connectivity index (χ2n) is 16.3. The molecule has 0 saturated carbocycles. The van der Waals surface area contributed by atoms with Crippen LogP contribution in [0.5, 0.6) is 0 Å². The number of aliphatic hydroxyl groups excluding tert-OH is 1. The van der Waals surface area contributed by atoms with Crippen molar-refractivity contribution in [3.05, 3.63) is 0 Å². The van der Waals surface area contributed by atoms with Crippen molar-refractivity contribution in [3.8, 4) is 0 Å². The maximum atomic E-state index is 12.9. The lowest BCUT2D eigenvalue weighted by atomic mass is 10.1. The molecule has 0 aromatic heterocycles. The number of hydrogen-bond donors (Lipinski definition) is 3. The number of rotatable bonds is 5. The monoisotopic (exact) mass is 761 g/mol. The van der Waals surface area contributed by atoms with Crippen LogP contribution in [0.2, 0.25) is 0 Å². The van der Waals surface area contributed by atoms with Crippen LogP contribution in [0.3, 0.4) is 0 Å². The number of ether oxygens (including phenoxy) is 5. The molecule has 0 aromatic carbocycles. The number of esters is 1. The minimum absolute atomic E-state index is 0.0221. The van der Waals surface area contributed by atoms with Gasteiger partial charge in [0.2, 0.25) is 5.91 Å². The summed E-state index contributed by atoms with van der Waals surface area (Å²) in [6.45, 7) is 20.0. The van der Waals surface area contributed by atoms with Gasteiger partial charge >= 0.3 is 36.3 Å². The molecule has 0 spiro atoms. The number of aliphatic hydroxyl groups is 1. The average molecular weight is 762 g/mol. The summed E-state index contributed by atoms with van der Waals surface area (Å²) >= 11 is 0. The molecule has 2 saturated heterocycles. The van der Waals surface area contributed by atoms with Gasteiger partial charge in [0.1, 0.15) is 28.4 Å². The van der Waals surface area contributed by atoms with E-state index in [9.17, 15) is 43.8 Å². The topological polar surface area (TPSA) is 231 Å². The van der Waals surface area contributed by atoms with Gasteiger partial charge in [-0.25, -0.2) is 28.8 Å². The summed E-state index contributed by atoms with van der Waals surface area (Å²) in [5.41, 5.74) is -2.91. The Kier molecular flexibility index (Phi) is 16.2. The number of amides is 5. The molecular formula is C34H59N5O14. The maximum Gasteiger partial charge on any atom is 0.411 e. The van der Waals surface area contributed by atoms with Crippen molar-refractivity contribution in [1.82, 2.24) is 24.9 Å². The summed E-state index contributed by atoms with van der Waals surface area (Å²) in [5.74, 6) is -2.77. The smallest absolute Gasteiger partial charge is 0.411 e. The van der Waals surface area contributed by atoms with Gasteiger partial charge in [0.25, 0.3) is 0 Å². The predicted molar refractivity (Wildman–Crippen MR) is 188 cm³/mol. The lowest BCUT2D eigenvalue weighted by Crippen LogP contribution is -2.63. The summed E-state index contributed by atoms with van der Waals surface area (Å²) in [5, 5.41) is 21.1. The highest BCUT2D eigenvalue weighted by molar-refractivity contribution is 5.90. The SMILES string of the molecule is CC(C)(C)OC(=O)N1CCN(C(=O)OC(C)(C)C)C(C(=O)O)C1.COC(=O)C(CO)NC(=O)C1CN(C(=O)OC(C)(C)C)CCN1C(=O)OC(C)(C)C. The number of piperazine rings is 2. The zero-order chi connectivity index (χ0) is 41.3. The molecule has 2 fully saturated rings. The van der Waals surface area contributed by atoms with Crippen molar-refractivity contribution in [2.24, 2.45) is 0 Å². The Morgan fingerprint density at radius 1 is 0.604 bits per heavy atom. The molecule has 0 aromatic rings. The third-order valence-corrected chi connectivity index (χ3v) is 6.89. The Balaban J connectivity index is 0.000000549. The molecule has 19 heteroatoms.